The number of aldehydes is 1. The van der Waals surface area contributed by atoms with Crippen LogP contribution in [0.2, 0.25) is 0 Å². The Morgan fingerprint density at radius 2 is 2.11 bits per heavy atom. The molecule has 1 aromatic heterocycles. The quantitative estimate of drug-likeness (QED) is 0.793. The van der Waals surface area contributed by atoms with Crippen LogP contribution in [-0.2, 0) is 6.54 Å². The van der Waals surface area contributed by atoms with Gasteiger partial charge in [0.1, 0.15) is 5.76 Å². The van der Waals surface area contributed by atoms with Crippen molar-refractivity contribution in [1.82, 2.24) is 5.32 Å². The third-order valence-corrected chi connectivity index (χ3v) is 3.07. The number of carbonyl (C=O) groups excluding carboxylic acids is 1. The highest BCUT2D eigenvalue weighted by atomic mass is 16.3. The van der Waals surface area contributed by atoms with Gasteiger partial charge in [-0.05, 0) is 23.8 Å². The van der Waals surface area contributed by atoms with Crippen molar-refractivity contribution in [3.63, 3.8) is 0 Å². The zero-order valence-electron chi connectivity index (χ0n) is 9.90. The molecule has 18 heavy (non-hydrogen) atoms. The lowest BCUT2D eigenvalue weighted by Crippen LogP contribution is -2.16. The Balaban J connectivity index is 1.98. The summed E-state index contributed by atoms with van der Waals surface area (Å²) in [5.74, 6) is 1.08. The summed E-state index contributed by atoms with van der Waals surface area (Å²) >= 11 is 0. The maximum atomic E-state index is 10.6. The van der Waals surface area contributed by atoms with Crippen molar-refractivity contribution < 1.29 is 9.21 Å². The first-order valence-corrected chi connectivity index (χ1v) is 6.00. The molecule has 4 nitrogen and oxygen atoms in total. The minimum atomic E-state index is 0.356. The monoisotopic (exact) mass is 242 g/mol. The lowest BCUT2D eigenvalue weighted by molar-refractivity contribution is 0.110. The number of carbonyl (C=O) groups is 1. The molecular weight excluding hydrogens is 228 g/mol. The maximum absolute atomic E-state index is 10.6. The van der Waals surface area contributed by atoms with Crippen LogP contribution in [0, 0.1) is 0 Å². The van der Waals surface area contributed by atoms with E-state index >= 15 is 0 Å². The van der Waals surface area contributed by atoms with Gasteiger partial charge in [0.15, 0.2) is 12.0 Å². The summed E-state index contributed by atoms with van der Waals surface area (Å²) in [5.41, 5.74) is 3.36. The van der Waals surface area contributed by atoms with Crippen molar-refractivity contribution in [2.45, 2.75) is 6.54 Å². The maximum Gasteiger partial charge on any atom is 0.185 e. The molecule has 0 amide bonds. The molecule has 2 aromatic rings. The summed E-state index contributed by atoms with van der Waals surface area (Å²) in [7, 11) is 0. The van der Waals surface area contributed by atoms with Crippen LogP contribution in [0.25, 0.3) is 11.3 Å². The molecule has 0 aliphatic carbocycles. The number of furan rings is 1. The van der Waals surface area contributed by atoms with Gasteiger partial charge >= 0.3 is 0 Å². The van der Waals surface area contributed by atoms with Crippen molar-refractivity contribution in [2.24, 2.45) is 0 Å². The highest BCUT2D eigenvalue weighted by molar-refractivity contribution is 5.74. The number of benzene rings is 1. The number of nitrogens with one attached hydrogen (secondary N) is 2. The second kappa shape index (κ2) is 4.66. The van der Waals surface area contributed by atoms with E-state index in [0.29, 0.717) is 5.76 Å². The van der Waals surface area contributed by atoms with E-state index in [1.54, 1.807) is 6.07 Å². The Bertz CT molecular complexity index is 575. The van der Waals surface area contributed by atoms with E-state index in [9.17, 15) is 4.79 Å². The summed E-state index contributed by atoms with van der Waals surface area (Å²) in [4.78, 5) is 10.6. The van der Waals surface area contributed by atoms with Crippen LogP contribution < -0.4 is 10.6 Å². The first-order valence-electron chi connectivity index (χ1n) is 6.00. The summed E-state index contributed by atoms with van der Waals surface area (Å²) < 4.78 is 5.43. The van der Waals surface area contributed by atoms with Gasteiger partial charge in [0, 0.05) is 30.9 Å². The fourth-order valence-electron chi connectivity index (χ4n) is 2.13. The van der Waals surface area contributed by atoms with Gasteiger partial charge in [0.2, 0.25) is 0 Å². The first kappa shape index (κ1) is 11.0. The molecule has 0 fully saturated rings. The van der Waals surface area contributed by atoms with E-state index in [4.69, 9.17) is 4.42 Å². The summed E-state index contributed by atoms with van der Waals surface area (Å²) in [6.07, 6.45) is 0.717. The molecule has 1 aliphatic rings. The second-order valence-electron chi connectivity index (χ2n) is 4.30. The molecule has 2 N–H and O–H groups in total. The van der Waals surface area contributed by atoms with Gasteiger partial charge in [-0.1, -0.05) is 12.1 Å². The number of fused-ring (bicyclic) bond motifs is 1. The number of rotatable bonds is 2. The predicted molar refractivity (Wildman–Crippen MR) is 69.7 cm³/mol. The van der Waals surface area contributed by atoms with Crippen LogP contribution >= 0.6 is 0 Å². The lowest BCUT2D eigenvalue weighted by Gasteiger charge is -2.08. The number of anilines is 1. The zero-order chi connectivity index (χ0) is 12.4. The van der Waals surface area contributed by atoms with Gasteiger partial charge in [-0.15, -0.1) is 0 Å². The SMILES string of the molecule is O=Cc1ccc(-c2ccc3c(c2)NCCNC3)o1. The Labute approximate surface area is 105 Å². The van der Waals surface area contributed by atoms with Crippen molar-refractivity contribution in [3.05, 3.63) is 41.7 Å². The molecule has 0 spiro atoms. The van der Waals surface area contributed by atoms with Gasteiger partial charge in [-0.3, -0.25) is 4.79 Å². The summed E-state index contributed by atoms with van der Waals surface area (Å²) in [6, 6.07) is 9.67. The molecule has 0 atom stereocenters. The Morgan fingerprint density at radius 1 is 1.17 bits per heavy atom. The molecular formula is C14H14N2O2. The molecule has 3 rings (SSSR count). The van der Waals surface area contributed by atoms with Gasteiger partial charge in [0.05, 0.1) is 0 Å². The van der Waals surface area contributed by atoms with Crippen LogP contribution in [0.1, 0.15) is 16.1 Å². The fraction of sp³-hybridized carbons (Fsp3) is 0.214. The second-order valence-corrected chi connectivity index (χ2v) is 4.30. The Hall–Kier alpha value is -2.07. The van der Waals surface area contributed by atoms with Crippen molar-refractivity contribution in [1.29, 1.82) is 0 Å². The average molecular weight is 242 g/mol. The van der Waals surface area contributed by atoms with E-state index in [0.717, 1.165) is 42.9 Å². The number of hydrogen-bond donors (Lipinski definition) is 2. The van der Waals surface area contributed by atoms with E-state index in [-0.39, 0.29) is 0 Å². The van der Waals surface area contributed by atoms with Crippen LogP contribution in [0.3, 0.4) is 0 Å². The van der Waals surface area contributed by atoms with Crippen molar-refractivity contribution in [2.75, 3.05) is 18.4 Å². The topological polar surface area (TPSA) is 54.3 Å². The largest absolute Gasteiger partial charge is 0.453 e. The van der Waals surface area contributed by atoms with Gasteiger partial charge in [-0.25, -0.2) is 0 Å². The highest BCUT2D eigenvalue weighted by Crippen LogP contribution is 2.27. The molecule has 1 aromatic carbocycles. The highest BCUT2D eigenvalue weighted by Gasteiger charge is 2.10. The van der Waals surface area contributed by atoms with E-state index < -0.39 is 0 Å². The van der Waals surface area contributed by atoms with E-state index in [1.165, 1.54) is 5.56 Å². The fourth-order valence-corrected chi connectivity index (χ4v) is 2.13. The third kappa shape index (κ3) is 2.02. The zero-order valence-corrected chi connectivity index (χ0v) is 9.90. The third-order valence-electron chi connectivity index (χ3n) is 3.07. The summed E-state index contributed by atoms with van der Waals surface area (Å²) in [5, 5.41) is 6.73. The van der Waals surface area contributed by atoms with E-state index in [2.05, 4.69) is 22.8 Å². The molecule has 0 bridgehead atoms. The minimum Gasteiger partial charge on any atom is -0.453 e. The normalized spacial score (nSPS) is 14.4. The Kier molecular flexibility index (Phi) is 2.86. The minimum absolute atomic E-state index is 0.356. The Morgan fingerprint density at radius 3 is 2.94 bits per heavy atom. The molecule has 1 aliphatic heterocycles. The van der Waals surface area contributed by atoms with E-state index in [1.807, 2.05) is 12.1 Å². The first-order chi connectivity index (χ1) is 8.86. The molecule has 0 unspecified atom stereocenters. The standard InChI is InChI=1S/C14H14N2O2/c17-9-12-3-4-14(18-12)10-1-2-11-8-15-5-6-16-13(11)7-10/h1-4,7,9,15-16H,5-6,8H2. The molecule has 0 saturated carbocycles. The van der Waals surface area contributed by atoms with Crippen molar-refractivity contribution >= 4 is 12.0 Å². The summed E-state index contributed by atoms with van der Waals surface area (Å²) in [6.45, 7) is 2.74. The smallest absolute Gasteiger partial charge is 0.185 e. The molecule has 4 heteroatoms. The molecule has 0 radical (unpaired) electrons. The lowest BCUT2D eigenvalue weighted by atomic mass is 10.1. The van der Waals surface area contributed by atoms with Gasteiger partial charge in [0.25, 0.3) is 0 Å². The predicted octanol–water partition coefficient (Wildman–Crippen LogP) is 2.27. The van der Waals surface area contributed by atoms with Crippen LogP contribution in [0.15, 0.2) is 34.7 Å². The van der Waals surface area contributed by atoms with Crippen LogP contribution in [-0.4, -0.2) is 19.4 Å². The van der Waals surface area contributed by atoms with Gasteiger partial charge < -0.3 is 15.1 Å². The molecule has 2 heterocycles. The van der Waals surface area contributed by atoms with Crippen molar-refractivity contribution in [3.8, 4) is 11.3 Å². The van der Waals surface area contributed by atoms with Crippen LogP contribution in [0.5, 0.6) is 0 Å². The average Bonchev–Trinajstić information content (AvgIpc) is 2.76. The van der Waals surface area contributed by atoms with Crippen LogP contribution in [0.4, 0.5) is 5.69 Å². The van der Waals surface area contributed by atoms with Gasteiger partial charge in [-0.2, -0.15) is 0 Å². The number of hydrogen-bond acceptors (Lipinski definition) is 4. The molecule has 0 saturated heterocycles. The molecule has 92 valence electrons.